The van der Waals surface area contributed by atoms with Crippen LogP contribution in [-0.4, -0.2) is 30.1 Å². The molecular formula is C26H22ClIN2O4. The molecule has 6 rings (SSSR count). The zero-order valence-corrected chi connectivity index (χ0v) is 21.3. The van der Waals surface area contributed by atoms with Gasteiger partial charge in [-0.05, 0) is 76.4 Å². The van der Waals surface area contributed by atoms with Gasteiger partial charge in [0.05, 0.1) is 28.7 Å². The van der Waals surface area contributed by atoms with Gasteiger partial charge in [-0.3, -0.25) is 9.59 Å². The number of benzene rings is 2. The van der Waals surface area contributed by atoms with Gasteiger partial charge >= 0.3 is 0 Å². The fraction of sp³-hybridized carbons (Fsp3) is 0.346. The van der Waals surface area contributed by atoms with E-state index in [1.165, 1.54) is 0 Å². The molecule has 0 unspecified atom stereocenters. The third kappa shape index (κ3) is 3.23. The summed E-state index contributed by atoms with van der Waals surface area (Å²) in [6.07, 6.45) is 8.10. The number of ether oxygens (including phenoxy) is 2. The molecule has 0 aromatic heterocycles. The maximum atomic E-state index is 13.1. The maximum Gasteiger partial charge on any atom is 0.254 e. The molecule has 0 radical (unpaired) electrons. The van der Waals surface area contributed by atoms with Crippen LogP contribution in [0.25, 0.3) is 0 Å². The molecule has 1 aliphatic heterocycles. The predicted molar refractivity (Wildman–Crippen MR) is 136 cm³/mol. The van der Waals surface area contributed by atoms with Crippen LogP contribution in [0.2, 0.25) is 5.02 Å². The Balaban J connectivity index is 1.21. The molecule has 1 heterocycles. The molecule has 3 fully saturated rings. The standard InChI is InChI=1S/C26H22ClIN2O4/c1-33-20-11-14(10-19(28)23(20)34-13-15-4-2-3-5-18(15)27)12-29-30-24(31)21-16-6-7-17(22(21)25(30)32)26(16)8-9-26/h2-7,10-12,16-17,21-22H,8-9,13H2,1H3/b29-12-/t16-,17-,21-,22-/m1/s1. The summed E-state index contributed by atoms with van der Waals surface area (Å²) in [5.41, 5.74) is 1.77. The highest BCUT2D eigenvalue weighted by molar-refractivity contribution is 14.1. The van der Waals surface area contributed by atoms with E-state index in [2.05, 4.69) is 39.8 Å². The van der Waals surface area contributed by atoms with Gasteiger partial charge in [0.2, 0.25) is 0 Å². The molecule has 1 saturated heterocycles. The average molecular weight is 589 g/mol. The molecule has 2 aromatic rings. The first-order valence-corrected chi connectivity index (χ1v) is 12.7. The number of carbonyl (C=O) groups is 2. The summed E-state index contributed by atoms with van der Waals surface area (Å²) in [5, 5.41) is 6.04. The first-order chi connectivity index (χ1) is 16.4. The van der Waals surface area contributed by atoms with Crippen LogP contribution in [0.5, 0.6) is 11.5 Å². The van der Waals surface area contributed by atoms with Crippen LogP contribution in [0.4, 0.5) is 0 Å². The minimum absolute atomic E-state index is 0.171. The number of imide groups is 1. The minimum Gasteiger partial charge on any atom is -0.493 e. The van der Waals surface area contributed by atoms with Gasteiger partial charge in [0.25, 0.3) is 11.8 Å². The number of fused-ring (bicyclic) bond motifs is 3. The molecule has 4 aliphatic rings. The summed E-state index contributed by atoms with van der Waals surface area (Å²) in [4.78, 5) is 26.2. The summed E-state index contributed by atoms with van der Waals surface area (Å²) in [7, 11) is 1.57. The Bertz CT molecular complexity index is 1240. The van der Waals surface area contributed by atoms with Gasteiger partial charge in [0.15, 0.2) is 11.5 Å². The van der Waals surface area contributed by atoms with Crippen molar-refractivity contribution in [3.05, 3.63) is 68.3 Å². The number of halogens is 2. The lowest BCUT2D eigenvalue weighted by Gasteiger charge is -2.18. The second-order valence-electron chi connectivity index (χ2n) is 9.37. The molecular weight excluding hydrogens is 567 g/mol. The van der Waals surface area contributed by atoms with Gasteiger partial charge in [-0.2, -0.15) is 10.1 Å². The van der Waals surface area contributed by atoms with E-state index in [-0.39, 0.29) is 40.9 Å². The number of amides is 2. The lowest BCUT2D eigenvalue weighted by molar-refractivity contribution is -0.141. The second-order valence-corrected chi connectivity index (χ2v) is 10.9. The van der Waals surface area contributed by atoms with Crippen LogP contribution in [0, 0.1) is 32.7 Å². The predicted octanol–water partition coefficient (Wildman–Crippen LogP) is 5.06. The number of rotatable bonds is 6. The van der Waals surface area contributed by atoms with E-state index in [0.717, 1.165) is 27.0 Å². The monoisotopic (exact) mass is 588 g/mol. The summed E-state index contributed by atoms with van der Waals surface area (Å²) in [6.45, 7) is 0.302. The van der Waals surface area contributed by atoms with Gasteiger partial charge in [-0.25, -0.2) is 0 Å². The molecule has 3 aliphatic carbocycles. The van der Waals surface area contributed by atoms with Crippen LogP contribution >= 0.6 is 34.2 Å². The van der Waals surface area contributed by atoms with E-state index in [1.807, 2.05) is 30.3 Å². The van der Waals surface area contributed by atoms with E-state index >= 15 is 0 Å². The van der Waals surface area contributed by atoms with Crippen molar-refractivity contribution < 1.29 is 19.1 Å². The number of nitrogens with zero attached hydrogens (tertiary/aromatic N) is 2. The molecule has 2 aromatic carbocycles. The smallest absolute Gasteiger partial charge is 0.254 e. The number of hydrazone groups is 1. The number of hydrogen-bond acceptors (Lipinski definition) is 5. The molecule has 2 saturated carbocycles. The van der Waals surface area contributed by atoms with E-state index in [9.17, 15) is 9.59 Å². The van der Waals surface area contributed by atoms with E-state index in [0.29, 0.717) is 28.7 Å². The van der Waals surface area contributed by atoms with Crippen molar-refractivity contribution in [2.75, 3.05) is 7.11 Å². The molecule has 174 valence electrons. The van der Waals surface area contributed by atoms with Gasteiger partial charge in [0, 0.05) is 10.6 Å². The Morgan fingerprint density at radius 1 is 1.15 bits per heavy atom. The molecule has 6 nitrogen and oxygen atoms in total. The fourth-order valence-electron chi connectivity index (χ4n) is 6.02. The summed E-state index contributed by atoms with van der Waals surface area (Å²) >= 11 is 8.41. The molecule has 4 atom stereocenters. The number of carbonyl (C=O) groups excluding carboxylic acids is 2. The highest BCUT2D eigenvalue weighted by Crippen LogP contribution is 2.73. The Morgan fingerprint density at radius 3 is 2.44 bits per heavy atom. The van der Waals surface area contributed by atoms with Crippen LogP contribution in [-0.2, 0) is 16.2 Å². The van der Waals surface area contributed by atoms with Crippen molar-refractivity contribution in [2.24, 2.45) is 34.2 Å². The third-order valence-electron chi connectivity index (χ3n) is 7.73. The van der Waals surface area contributed by atoms with Gasteiger partial charge in [-0.15, -0.1) is 0 Å². The zero-order chi connectivity index (χ0) is 23.6. The first kappa shape index (κ1) is 22.1. The van der Waals surface area contributed by atoms with Crippen molar-refractivity contribution in [3.63, 3.8) is 0 Å². The van der Waals surface area contributed by atoms with Gasteiger partial charge in [0.1, 0.15) is 6.61 Å². The van der Waals surface area contributed by atoms with E-state index < -0.39 is 0 Å². The van der Waals surface area contributed by atoms with Crippen molar-refractivity contribution in [1.82, 2.24) is 5.01 Å². The molecule has 2 bridgehead atoms. The molecule has 34 heavy (non-hydrogen) atoms. The maximum absolute atomic E-state index is 13.1. The van der Waals surface area contributed by atoms with E-state index in [4.69, 9.17) is 21.1 Å². The Kier molecular flexibility index (Phi) is 5.26. The highest BCUT2D eigenvalue weighted by atomic mass is 127. The topological polar surface area (TPSA) is 68.2 Å². The molecule has 1 spiro atoms. The largest absolute Gasteiger partial charge is 0.493 e. The normalized spacial score (nSPS) is 27.8. The van der Waals surface area contributed by atoms with Gasteiger partial charge in [-0.1, -0.05) is 42.0 Å². The molecule has 2 amide bonds. The second kappa shape index (κ2) is 8.09. The number of allylic oxidation sites excluding steroid dienone is 2. The van der Waals surface area contributed by atoms with Crippen LogP contribution < -0.4 is 9.47 Å². The van der Waals surface area contributed by atoms with Crippen molar-refractivity contribution in [1.29, 1.82) is 0 Å². The molecule has 0 N–H and O–H groups in total. The Hall–Kier alpha value is -2.39. The van der Waals surface area contributed by atoms with Crippen LogP contribution in [0.3, 0.4) is 0 Å². The van der Waals surface area contributed by atoms with Crippen molar-refractivity contribution >= 4 is 52.2 Å². The van der Waals surface area contributed by atoms with Crippen LogP contribution in [0.15, 0.2) is 53.7 Å². The third-order valence-corrected chi connectivity index (χ3v) is 8.90. The van der Waals surface area contributed by atoms with Crippen molar-refractivity contribution in [2.45, 2.75) is 19.4 Å². The number of hydrogen-bond donors (Lipinski definition) is 0. The zero-order valence-electron chi connectivity index (χ0n) is 18.4. The summed E-state index contributed by atoms with van der Waals surface area (Å²) in [5.74, 6) is 0.667. The minimum atomic E-state index is -0.252. The number of methoxy groups -OCH3 is 1. The van der Waals surface area contributed by atoms with Gasteiger partial charge < -0.3 is 9.47 Å². The fourth-order valence-corrected chi connectivity index (χ4v) is 6.99. The Morgan fingerprint density at radius 2 is 1.82 bits per heavy atom. The lowest BCUT2D eigenvalue weighted by atomic mass is 9.85. The molecule has 8 heteroatoms. The lowest BCUT2D eigenvalue weighted by Crippen LogP contribution is -2.30. The van der Waals surface area contributed by atoms with Crippen LogP contribution in [0.1, 0.15) is 24.0 Å². The van der Waals surface area contributed by atoms with E-state index in [1.54, 1.807) is 19.4 Å². The first-order valence-electron chi connectivity index (χ1n) is 11.3. The highest BCUT2D eigenvalue weighted by Gasteiger charge is 2.73. The average Bonchev–Trinajstić information content (AvgIpc) is 3.43. The summed E-state index contributed by atoms with van der Waals surface area (Å²) in [6, 6.07) is 11.2. The SMILES string of the molecule is COc1cc(/C=N\N2C(=O)[C@H]3[C@H](C2=O)[C@H]2C=C[C@H]3C23CC3)cc(I)c1OCc1ccccc1Cl. The summed E-state index contributed by atoms with van der Waals surface area (Å²) < 4.78 is 12.4. The quantitative estimate of drug-likeness (QED) is 0.205. The van der Waals surface area contributed by atoms with Crippen molar-refractivity contribution in [3.8, 4) is 11.5 Å². The Labute approximate surface area is 216 Å².